The van der Waals surface area contributed by atoms with Gasteiger partial charge in [-0.25, -0.2) is 9.18 Å². The molecule has 0 bridgehead atoms. The van der Waals surface area contributed by atoms with E-state index < -0.39 is 11.8 Å². The van der Waals surface area contributed by atoms with Crippen LogP contribution in [0.15, 0.2) is 6.20 Å². The second-order valence-corrected chi connectivity index (χ2v) is 3.43. The standard InChI is InChI=1S/C10H12FNO2/c1-2-14-10(13)9-8(11)7(5-12-9)6-3-4-6/h5-6,12H,2-4H2,1H3. The molecule has 1 heterocycles. The maximum Gasteiger partial charge on any atom is 0.357 e. The van der Waals surface area contributed by atoms with Crippen molar-refractivity contribution in [2.45, 2.75) is 25.7 Å². The van der Waals surface area contributed by atoms with Gasteiger partial charge < -0.3 is 9.72 Å². The number of halogens is 1. The highest BCUT2D eigenvalue weighted by Gasteiger charge is 2.30. The molecular weight excluding hydrogens is 185 g/mol. The molecule has 14 heavy (non-hydrogen) atoms. The molecule has 0 spiro atoms. The van der Waals surface area contributed by atoms with Crippen LogP contribution in [0, 0.1) is 5.82 Å². The molecule has 1 aliphatic rings. The van der Waals surface area contributed by atoms with E-state index in [2.05, 4.69) is 4.98 Å². The molecule has 1 saturated carbocycles. The topological polar surface area (TPSA) is 42.1 Å². The van der Waals surface area contributed by atoms with E-state index in [0.717, 1.165) is 12.8 Å². The van der Waals surface area contributed by atoms with Crippen LogP contribution < -0.4 is 0 Å². The van der Waals surface area contributed by atoms with Gasteiger partial charge in [-0.05, 0) is 25.7 Å². The molecular formula is C10H12FNO2. The number of carbonyl (C=O) groups is 1. The van der Waals surface area contributed by atoms with Gasteiger partial charge in [0, 0.05) is 11.8 Å². The van der Waals surface area contributed by atoms with Gasteiger partial charge in [-0.2, -0.15) is 0 Å². The van der Waals surface area contributed by atoms with Crippen LogP contribution in [0.1, 0.15) is 41.7 Å². The number of rotatable bonds is 3. The van der Waals surface area contributed by atoms with Gasteiger partial charge >= 0.3 is 5.97 Å². The van der Waals surface area contributed by atoms with Gasteiger partial charge in [-0.1, -0.05) is 0 Å². The SMILES string of the molecule is CCOC(=O)c1[nH]cc(C2CC2)c1F. The number of esters is 1. The average Bonchev–Trinajstić information content (AvgIpc) is 2.91. The number of nitrogens with one attached hydrogen (secondary N) is 1. The van der Waals surface area contributed by atoms with Crippen molar-refractivity contribution in [3.8, 4) is 0 Å². The number of aromatic nitrogens is 1. The summed E-state index contributed by atoms with van der Waals surface area (Å²) >= 11 is 0. The predicted molar refractivity (Wildman–Crippen MR) is 48.7 cm³/mol. The van der Waals surface area contributed by atoms with Gasteiger partial charge in [-0.15, -0.1) is 0 Å². The summed E-state index contributed by atoms with van der Waals surface area (Å²) in [6, 6.07) is 0. The maximum absolute atomic E-state index is 13.6. The van der Waals surface area contributed by atoms with Crippen LogP contribution >= 0.6 is 0 Å². The molecule has 3 nitrogen and oxygen atoms in total. The summed E-state index contributed by atoms with van der Waals surface area (Å²) in [4.78, 5) is 13.9. The molecule has 0 atom stereocenters. The summed E-state index contributed by atoms with van der Waals surface area (Å²) < 4.78 is 18.3. The fourth-order valence-corrected chi connectivity index (χ4v) is 1.46. The van der Waals surface area contributed by atoms with Crippen molar-refractivity contribution >= 4 is 5.97 Å². The Morgan fingerprint density at radius 2 is 2.43 bits per heavy atom. The third-order valence-electron chi connectivity index (χ3n) is 2.34. The Bertz CT molecular complexity index is 355. The Labute approximate surface area is 81.3 Å². The number of aromatic amines is 1. The summed E-state index contributed by atoms with van der Waals surface area (Å²) in [6.07, 6.45) is 3.59. The largest absolute Gasteiger partial charge is 0.461 e. The summed E-state index contributed by atoms with van der Waals surface area (Å²) in [7, 11) is 0. The Hall–Kier alpha value is -1.32. The second kappa shape index (κ2) is 3.44. The predicted octanol–water partition coefficient (Wildman–Crippen LogP) is 2.21. The molecule has 0 radical (unpaired) electrons. The van der Waals surface area contributed by atoms with Gasteiger partial charge in [0.05, 0.1) is 6.61 Å². The molecule has 0 aliphatic heterocycles. The number of hydrogen-bond donors (Lipinski definition) is 1. The van der Waals surface area contributed by atoms with E-state index >= 15 is 0 Å². The van der Waals surface area contributed by atoms with Crippen LogP contribution in [-0.2, 0) is 4.74 Å². The molecule has 1 aromatic rings. The van der Waals surface area contributed by atoms with Crippen LogP contribution in [0.4, 0.5) is 4.39 Å². The van der Waals surface area contributed by atoms with Crippen LogP contribution in [0.3, 0.4) is 0 Å². The molecule has 4 heteroatoms. The zero-order valence-corrected chi connectivity index (χ0v) is 7.97. The molecule has 0 amide bonds. The van der Waals surface area contributed by atoms with Crippen molar-refractivity contribution in [2.75, 3.05) is 6.61 Å². The first kappa shape index (κ1) is 9.24. The van der Waals surface area contributed by atoms with Crippen LogP contribution in [0.5, 0.6) is 0 Å². The first-order valence-corrected chi connectivity index (χ1v) is 4.78. The molecule has 1 aliphatic carbocycles. The third kappa shape index (κ3) is 1.52. The Morgan fingerprint density at radius 1 is 1.71 bits per heavy atom. The highest BCUT2D eigenvalue weighted by atomic mass is 19.1. The van der Waals surface area contributed by atoms with Crippen molar-refractivity contribution in [1.29, 1.82) is 0 Å². The quantitative estimate of drug-likeness (QED) is 0.755. The highest BCUT2D eigenvalue weighted by Crippen LogP contribution is 2.41. The number of carbonyl (C=O) groups excluding carboxylic acids is 1. The van der Waals surface area contributed by atoms with E-state index in [1.165, 1.54) is 0 Å². The Morgan fingerprint density at radius 3 is 3.00 bits per heavy atom. The van der Waals surface area contributed by atoms with Crippen molar-refractivity contribution in [1.82, 2.24) is 4.98 Å². The van der Waals surface area contributed by atoms with Crippen molar-refractivity contribution in [3.63, 3.8) is 0 Å². The summed E-state index contributed by atoms with van der Waals surface area (Å²) in [5, 5.41) is 0. The van der Waals surface area contributed by atoms with Gasteiger partial charge in [-0.3, -0.25) is 0 Å². The van der Waals surface area contributed by atoms with Gasteiger partial charge in [0.25, 0.3) is 0 Å². The molecule has 1 fully saturated rings. The smallest absolute Gasteiger partial charge is 0.357 e. The average molecular weight is 197 g/mol. The first-order chi connectivity index (χ1) is 6.74. The molecule has 0 saturated heterocycles. The fourth-order valence-electron chi connectivity index (χ4n) is 1.46. The van der Waals surface area contributed by atoms with Crippen molar-refractivity contribution in [3.05, 3.63) is 23.3 Å². The normalized spacial score (nSPS) is 15.6. The Balaban J connectivity index is 2.21. The zero-order valence-electron chi connectivity index (χ0n) is 7.97. The highest BCUT2D eigenvalue weighted by molar-refractivity contribution is 5.88. The van der Waals surface area contributed by atoms with Gasteiger partial charge in [0.1, 0.15) is 0 Å². The zero-order chi connectivity index (χ0) is 10.1. The molecule has 1 aromatic heterocycles. The lowest BCUT2D eigenvalue weighted by Gasteiger charge is -1.98. The van der Waals surface area contributed by atoms with E-state index in [9.17, 15) is 9.18 Å². The van der Waals surface area contributed by atoms with Gasteiger partial charge in [0.15, 0.2) is 11.5 Å². The van der Waals surface area contributed by atoms with Crippen molar-refractivity contribution in [2.24, 2.45) is 0 Å². The lowest BCUT2D eigenvalue weighted by atomic mass is 10.2. The number of hydrogen-bond acceptors (Lipinski definition) is 2. The number of H-pyrrole nitrogens is 1. The molecule has 76 valence electrons. The first-order valence-electron chi connectivity index (χ1n) is 4.78. The summed E-state index contributed by atoms with van der Waals surface area (Å²) in [5.41, 5.74) is 0.571. The van der Waals surface area contributed by atoms with E-state index in [4.69, 9.17) is 4.74 Å². The molecule has 0 aromatic carbocycles. The van der Waals surface area contributed by atoms with E-state index in [-0.39, 0.29) is 12.3 Å². The molecule has 1 N–H and O–H groups in total. The molecule has 0 unspecified atom stereocenters. The second-order valence-electron chi connectivity index (χ2n) is 3.43. The van der Waals surface area contributed by atoms with Gasteiger partial charge in [0.2, 0.25) is 0 Å². The summed E-state index contributed by atoms with van der Waals surface area (Å²) in [6.45, 7) is 1.95. The minimum Gasteiger partial charge on any atom is -0.461 e. The maximum atomic E-state index is 13.6. The minimum absolute atomic E-state index is 0.0475. The van der Waals surface area contributed by atoms with E-state index in [0.29, 0.717) is 11.5 Å². The van der Waals surface area contributed by atoms with E-state index in [1.54, 1.807) is 13.1 Å². The Kier molecular flexibility index (Phi) is 2.27. The van der Waals surface area contributed by atoms with Crippen LogP contribution in [0.2, 0.25) is 0 Å². The summed E-state index contributed by atoms with van der Waals surface area (Å²) in [5.74, 6) is -0.753. The molecule has 2 rings (SSSR count). The monoisotopic (exact) mass is 197 g/mol. The third-order valence-corrected chi connectivity index (χ3v) is 2.34. The fraction of sp³-hybridized carbons (Fsp3) is 0.500. The lowest BCUT2D eigenvalue weighted by molar-refractivity contribution is 0.0515. The minimum atomic E-state index is -0.614. The van der Waals surface area contributed by atoms with Crippen LogP contribution in [0.25, 0.3) is 0 Å². The van der Waals surface area contributed by atoms with Crippen LogP contribution in [-0.4, -0.2) is 17.6 Å². The van der Waals surface area contributed by atoms with Crippen molar-refractivity contribution < 1.29 is 13.9 Å². The lowest BCUT2D eigenvalue weighted by Crippen LogP contribution is -2.07. The number of ether oxygens (including phenoxy) is 1. The van der Waals surface area contributed by atoms with E-state index in [1.807, 2.05) is 0 Å².